The molecule has 0 aliphatic carbocycles. The molecule has 1 rings (SSSR count). The zero-order chi connectivity index (χ0) is 11.4. The van der Waals surface area contributed by atoms with Crippen LogP contribution in [0.15, 0.2) is 24.3 Å². The van der Waals surface area contributed by atoms with Crippen molar-refractivity contribution in [3.05, 3.63) is 29.8 Å². The molecule has 0 fully saturated rings. The summed E-state index contributed by atoms with van der Waals surface area (Å²) in [6, 6.07) is 6.36. The first-order valence-electron chi connectivity index (χ1n) is 4.68. The zero-order valence-corrected chi connectivity index (χ0v) is 8.81. The van der Waals surface area contributed by atoms with E-state index in [0.717, 1.165) is 11.3 Å². The number of carboxylic acids is 1. The Labute approximate surface area is 88.7 Å². The highest BCUT2D eigenvalue weighted by atomic mass is 16.5. The minimum absolute atomic E-state index is 0.214. The van der Waals surface area contributed by atoms with E-state index in [9.17, 15) is 4.79 Å². The zero-order valence-electron chi connectivity index (χ0n) is 8.81. The smallest absolute Gasteiger partial charge is 0.321 e. The molecule has 0 aliphatic heterocycles. The Morgan fingerprint density at radius 1 is 1.40 bits per heavy atom. The predicted molar refractivity (Wildman–Crippen MR) is 57.0 cm³/mol. The number of aliphatic carboxylic acids is 1. The van der Waals surface area contributed by atoms with E-state index in [4.69, 9.17) is 15.6 Å². The first-order valence-corrected chi connectivity index (χ1v) is 4.68. The maximum Gasteiger partial charge on any atom is 0.321 e. The second-order valence-corrected chi connectivity index (χ2v) is 3.43. The molecule has 0 saturated carbocycles. The van der Waals surface area contributed by atoms with E-state index < -0.39 is 12.0 Å². The van der Waals surface area contributed by atoms with Crippen molar-refractivity contribution in [2.45, 2.75) is 18.9 Å². The predicted octanol–water partition coefficient (Wildman–Crippen LogP) is 1.21. The van der Waals surface area contributed by atoms with Gasteiger partial charge in [0.15, 0.2) is 0 Å². The number of benzene rings is 1. The summed E-state index contributed by atoms with van der Waals surface area (Å²) in [5, 5.41) is 8.76. The number of carbonyl (C=O) groups is 1. The van der Waals surface area contributed by atoms with Gasteiger partial charge in [0.1, 0.15) is 11.8 Å². The Bertz CT molecular complexity index is 334. The van der Waals surface area contributed by atoms with Crippen LogP contribution in [0.5, 0.6) is 5.75 Å². The molecule has 82 valence electrons. The Kier molecular flexibility index (Phi) is 3.68. The fourth-order valence-corrected chi connectivity index (χ4v) is 1.33. The van der Waals surface area contributed by atoms with Crippen molar-refractivity contribution in [3.63, 3.8) is 0 Å². The Hall–Kier alpha value is -1.55. The molecule has 0 amide bonds. The third-order valence-corrected chi connectivity index (χ3v) is 2.47. The molecular weight excluding hydrogens is 194 g/mol. The summed E-state index contributed by atoms with van der Waals surface area (Å²) in [4.78, 5) is 10.7. The van der Waals surface area contributed by atoms with E-state index >= 15 is 0 Å². The molecule has 0 spiro atoms. The molecule has 0 aliphatic rings. The lowest BCUT2D eigenvalue weighted by Gasteiger charge is -2.16. The van der Waals surface area contributed by atoms with Crippen molar-refractivity contribution in [2.75, 3.05) is 7.11 Å². The van der Waals surface area contributed by atoms with Gasteiger partial charge in [-0.25, -0.2) is 0 Å². The number of hydrogen-bond acceptors (Lipinski definition) is 3. The summed E-state index contributed by atoms with van der Waals surface area (Å²) in [7, 11) is 1.58. The second-order valence-electron chi connectivity index (χ2n) is 3.43. The average molecular weight is 209 g/mol. The van der Waals surface area contributed by atoms with Crippen molar-refractivity contribution < 1.29 is 14.6 Å². The Morgan fingerprint density at radius 2 is 1.93 bits per heavy atom. The van der Waals surface area contributed by atoms with Gasteiger partial charge in [-0.1, -0.05) is 19.1 Å². The number of carboxylic acid groups (broad SMARTS) is 1. The molecule has 3 N–H and O–H groups in total. The standard InChI is InChI=1S/C11H15NO3/c1-7(10(12)11(13)14)8-3-5-9(15-2)6-4-8/h3-7,10H,12H2,1-2H3,(H,13,14)/t7-,10-/m0/s1. The molecule has 0 bridgehead atoms. The number of nitrogens with two attached hydrogens (primary N) is 1. The molecule has 4 nitrogen and oxygen atoms in total. The summed E-state index contributed by atoms with van der Waals surface area (Å²) in [5.41, 5.74) is 6.43. The number of rotatable bonds is 4. The van der Waals surface area contributed by atoms with Crippen molar-refractivity contribution in [3.8, 4) is 5.75 Å². The lowest BCUT2D eigenvalue weighted by Crippen LogP contribution is -2.35. The molecule has 15 heavy (non-hydrogen) atoms. The van der Waals surface area contributed by atoms with Gasteiger partial charge in [0, 0.05) is 5.92 Å². The third-order valence-electron chi connectivity index (χ3n) is 2.47. The quantitative estimate of drug-likeness (QED) is 0.781. The van der Waals surface area contributed by atoms with Crippen molar-refractivity contribution in [2.24, 2.45) is 5.73 Å². The van der Waals surface area contributed by atoms with Gasteiger partial charge >= 0.3 is 5.97 Å². The van der Waals surface area contributed by atoms with E-state index in [1.807, 2.05) is 12.1 Å². The molecule has 2 atom stereocenters. The average Bonchev–Trinajstić information content (AvgIpc) is 2.27. The fourth-order valence-electron chi connectivity index (χ4n) is 1.33. The highest BCUT2D eigenvalue weighted by Crippen LogP contribution is 2.21. The van der Waals surface area contributed by atoms with Crippen LogP contribution in [-0.2, 0) is 4.79 Å². The first-order chi connectivity index (χ1) is 7.06. The summed E-state index contributed by atoms with van der Waals surface area (Å²) in [6.07, 6.45) is 0. The third kappa shape index (κ3) is 2.70. The van der Waals surface area contributed by atoms with Gasteiger partial charge in [-0.3, -0.25) is 4.79 Å². The second kappa shape index (κ2) is 4.79. The van der Waals surface area contributed by atoms with Crippen LogP contribution < -0.4 is 10.5 Å². The number of hydrogen-bond donors (Lipinski definition) is 2. The van der Waals surface area contributed by atoms with Gasteiger partial charge in [0.2, 0.25) is 0 Å². The van der Waals surface area contributed by atoms with E-state index in [0.29, 0.717) is 0 Å². The van der Waals surface area contributed by atoms with Crippen LogP contribution in [0.2, 0.25) is 0 Å². The lowest BCUT2D eigenvalue weighted by molar-refractivity contribution is -0.139. The van der Waals surface area contributed by atoms with E-state index in [1.54, 1.807) is 26.2 Å². The summed E-state index contributed by atoms with van der Waals surface area (Å²) in [6.45, 7) is 1.79. The van der Waals surface area contributed by atoms with Crippen LogP contribution in [0.3, 0.4) is 0 Å². The molecule has 1 aromatic carbocycles. The molecule has 0 radical (unpaired) electrons. The van der Waals surface area contributed by atoms with Crippen LogP contribution in [0, 0.1) is 0 Å². The van der Waals surface area contributed by atoms with E-state index in [-0.39, 0.29) is 5.92 Å². The molecule has 0 heterocycles. The van der Waals surface area contributed by atoms with Crippen LogP contribution >= 0.6 is 0 Å². The van der Waals surface area contributed by atoms with Gasteiger partial charge in [-0.15, -0.1) is 0 Å². The van der Waals surface area contributed by atoms with Gasteiger partial charge in [0.25, 0.3) is 0 Å². The van der Waals surface area contributed by atoms with Crippen molar-refractivity contribution in [1.29, 1.82) is 0 Å². The van der Waals surface area contributed by atoms with Crippen LogP contribution in [0.4, 0.5) is 0 Å². The van der Waals surface area contributed by atoms with Crippen LogP contribution in [0.1, 0.15) is 18.4 Å². The van der Waals surface area contributed by atoms with Gasteiger partial charge < -0.3 is 15.6 Å². The number of ether oxygens (including phenoxy) is 1. The molecule has 0 saturated heterocycles. The minimum Gasteiger partial charge on any atom is -0.497 e. The maximum absolute atomic E-state index is 10.7. The molecule has 0 aromatic heterocycles. The minimum atomic E-state index is -0.988. The first kappa shape index (κ1) is 11.5. The Balaban J connectivity index is 2.82. The normalized spacial score (nSPS) is 14.3. The fraction of sp³-hybridized carbons (Fsp3) is 0.364. The molecule has 1 aromatic rings. The van der Waals surface area contributed by atoms with E-state index in [2.05, 4.69) is 0 Å². The monoisotopic (exact) mass is 209 g/mol. The summed E-state index contributed by atoms with van der Waals surface area (Å²) < 4.78 is 5.01. The summed E-state index contributed by atoms with van der Waals surface area (Å²) in [5.74, 6) is -0.457. The van der Waals surface area contributed by atoms with Gasteiger partial charge in [-0.2, -0.15) is 0 Å². The largest absolute Gasteiger partial charge is 0.497 e. The van der Waals surface area contributed by atoms with Crippen molar-refractivity contribution >= 4 is 5.97 Å². The van der Waals surface area contributed by atoms with Gasteiger partial charge in [-0.05, 0) is 17.7 Å². The lowest BCUT2D eigenvalue weighted by atomic mass is 9.94. The molecule has 4 heteroatoms. The Morgan fingerprint density at radius 3 is 2.33 bits per heavy atom. The SMILES string of the molecule is COc1ccc([C@H](C)[C@H](N)C(=O)O)cc1. The topological polar surface area (TPSA) is 72.5 Å². The number of methoxy groups -OCH3 is 1. The molecular formula is C11H15NO3. The van der Waals surface area contributed by atoms with E-state index in [1.165, 1.54) is 0 Å². The van der Waals surface area contributed by atoms with Crippen LogP contribution in [0.25, 0.3) is 0 Å². The summed E-state index contributed by atoms with van der Waals surface area (Å²) >= 11 is 0. The van der Waals surface area contributed by atoms with Crippen LogP contribution in [-0.4, -0.2) is 24.2 Å². The van der Waals surface area contributed by atoms with Crippen molar-refractivity contribution in [1.82, 2.24) is 0 Å². The highest BCUT2D eigenvalue weighted by molar-refractivity contribution is 5.74. The highest BCUT2D eigenvalue weighted by Gasteiger charge is 2.21. The molecule has 0 unspecified atom stereocenters. The van der Waals surface area contributed by atoms with Gasteiger partial charge in [0.05, 0.1) is 7.11 Å². The maximum atomic E-state index is 10.7.